The largest absolute Gasteiger partial charge is 0.491 e. The molecular formula is C27H34Cl3N3O3. The maximum absolute atomic E-state index is 9.90. The Hall–Kier alpha value is -1.70. The normalized spacial score (nSPS) is 17.8. The van der Waals surface area contributed by atoms with Crippen molar-refractivity contribution >= 4 is 41.3 Å². The highest BCUT2D eigenvalue weighted by Gasteiger charge is 2.29. The summed E-state index contributed by atoms with van der Waals surface area (Å²) in [4.78, 5) is 4.85. The zero-order valence-electron chi connectivity index (χ0n) is 20.5. The van der Waals surface area contributed by atoms with Crippen LogP contribution in [-0.4, -0.2) is 73.2 Å². The van der Waals surface area contributed by atoms with Crippen LogP contribution in [0.4, 0.5) is 0 Å². The number of rotatable bonds is 8. The van der Waals surface area contributed by atoms with Crippen LogP contribution in [0.15, 0.2) is 29.4 Å². The van der Waals surface area contributed by atoms with Gasteiger partial charge in [0.2, 0.25) is 0 Å². The molecule has 6 nitrogen and oxygen atoms in total. The molecule has 1 N–H and O–H groups in total. The molecule has 2 aromatic carbocycles. The topological polar surface area (TPSA) is 57.5 Å². The first-order valence-corrected chi connectivity index (χ1v) is 13.5. The molecule has 0 spiro atoms. The first kappa shape index (κ1) is 27.3. The smallest absolute Gasteiger partial charge is 0.138 e. The molecule has 5 rings (SSSR count). The third kappa shape index (κ3) is 6.05. The molecule has 196 valence electrons. The average molecular weight is 555 g/mol. The molecule has 1 aliphatic carbocycles. The van der Waals surface area contributed by atoms with Crippen LogP contribution in [0.3, 0.4) is 0 Å². The predicted molar refractivity (Wildman–Crippen MR) is 148 cm³/mol. The number of halogens is 3. The summed E-state index contributed by atoms with van der Waals surface area (Å²) in [6.45, 7) is 7.39. The molecule has 0 amide bonds. The van der Waals surface area contributed by atoms with Crippen molar-refractivity contribution in [3.05, 3.63) is 45.4 Å². The highest BCUT2D eigenvalue weighted by molar-refractivity contribution is 6.35. The Kier molecular flexibility index (Phi) is 9.65. The molecule has 2 saturated heterocycles. The van der Waals surface area contributed by atoms with Crippen molar-refractivity contribution in [1.82, 2.24) is 9.80 Å². The van der Waals surface area contributed by atoms with E-state index in [0.29, 0.717) is 40.5 Å². The number of benzene rings is 2. The first-order chi connectivity index (χ1) is 17.1. The fourth-order valence-corrected chi connectivity index (χ4v) is 5.79. The zero-order chi connectivity index (χ0) is 24.2. The summed E-state index contributed by atoms with van der Waals surface area (Å²) >= 11 is 13.2. The molecule has 3 aliphatic rings. The quantitative estimate of drug-likeness (QED) is 0.260. The van der Waals surface area contributed by atoms with Gasteiger partial charge in [-0.15, -0.1) is 12.4 Å². The Morgan fingerprint density at radius 2 is 1.08 bits per heavy atom. The number of fused-ring (bicyclic) bond motifs is 3. The van der Waals surface area contributed by atoms with Crippen LogP contribution < -0.4 is 9.47 Å². The van der Waals surface area contributed by atoms with Gasteiger partial charge in [0.15, 0.2) is 0 Å². The van der Waals surface area contributed by atoms with E-state index in [1.54, 1.807) is 0 Å². The monoisotopic (exact) mass is 553 g/mol. The molecule has 0 radical (unpaired) electrons. The number of hydrogen-bond donors (Lipinski definition) is 1. The van der Waals surface area contributed by atoms with Crippen LogP contribution in [0.25, 0.3) is 11.1 Å². The molecule has 36 heavy (non-hydrogen) atoms. The van der Waals surface area contributed by atoms with E-state index in [-0.39, 0.29) is 12.4 Å². The summed E-state index contributed by atoms with van der Waals surface area (Å²) in [5.74, 6) is 1.20. The highest BCUT2D eigenvalue weighted by atomic mass is 35.5. The van der Waals surface area contributed by atoms with Crippen LogP contribution in [0.5, 0.6) is 11.5 Å². The number of nitrogens with zero attached hydrogens (tertiary/aromatic N) is 3. The van der Waals surface area contributed by atoms with Crippen LogP contribution in [0.1, 0.15) is 49.7 Å². The standard InChI is InChI=1S/C27H33Cl2N3O3.ClH/c28-23-15-19-20-16-24(29)26(35-14-12-32-9-5-2-6-10-32)18-22(20)27(30-33)21(19)17-25(23)34-13-11-31-7-3-1-4-8-31;/h15-18,33H,1-14H2;1H. The lowest BCUT2D eigenvalue weighted by Gasteiger charge is -2.26. The van der Waals surface area contributed by atoms with Crippen molar-refractivity contribution in [1.29, 1.82) is 0 Å². The van der Waals surface area contributed by atoms with Gasteiger partial charge in [-0.25, -0.2) is 0 Å². The molecule has 2 aliphatic heterocycles. The number of likely N-dealkylation sites (tertiary alicyclic amines) is 2. The van der Waals surface area contributed by atoms with Crippen molar-refractivity contribution in [3.8, 4) is 22.6 Å². The van der Waals surface area contributed by atoms with Crippen molar-refractivity contribution in [2.24, 2.45) is 5.16 Å². The first-order valence-electron chi connectivity index (χ1n) is 12.7. The van der Waals surface area contributed by atoms with Crippen molar-refractivity contribution in [2.45, 2.75) is 38.5 Å². The van der Waals surface area contributed by atoms with E-state index < -0.39 is 0 Å². The maximum Gasteiger partial charge on any atom is 0.138 e. The van der Waals surface area contributed by atoms with E-state index in [0.717, 1.165) is 61.5 Å². The molecule has 9 heteroatoms. The van der Waals surface area contributed by atoms with Gasteiger partial charge in [0.1, 0.15) is 30.4 Å². The van der Waals surface area contributed by atoms with Crippen molar-refractivity contribution in [3.63, 3.8) is 0 Å². The van der Waals surface area contributed by atoms with Crippen LogP contribution >= 0.6 is 35.6 Å². The number of ether oxygens (including phenoxy) is 2. The minimum Gasteiger partial charge on any atom is -0.491 e. The fourth-order valence-electron chi connectivity index (χ4n) is 5.35. The summed E-state index contributed by atoms with van der Waals surface area (Å²) in [5.41, 5.74) is 3.79. The number of piperidine rings is 2. The summed E-state index contributed by atoms with van der Waals surface area (Å²) in [6.07, 6.45) is 7.63. The third-order valence-electron chi connectivity index (χ3n) is 7.27. The van der Waals surface area contributed by atoms with Gasteiger partial charge in [-0.05, 0) is 87.3 Å². The molecule has 0 saturated carbocycles. The second-order valence-electron chi connectivity index (χ2n) is 9.61. The Labute approximate surface area is 229 Å². The molecule has 0 aromatic heterocycles. The SMILES string of the molecule is Cl.ON=C1c2cc(OCCN3CCCCC3)c(Cl)cc2-c2cc(Cl)c(OCCN3CCCCC3)cc21. The Balaban J connectivity index is 0.00000304. The number of oxime groups is 1. The number of hydrogen-bond acceptors (Lipinski definition) is 6. The lowest BCUT2D eigenvalue weighted by atomic mass is 10.1. The summed E-state index contributed by atoms with van der Waals surface area (Å²) in [5, 5.41) is 14.6. The molecular weight excluding hydrogens is 521 g/mol. The minimum atomic E-state index is 0. The second kappa shape index (κ2) is 12.7. The lowest BCUT2D eigenvalue weighted by Crippen LogP contribution is -2.33. The van der Waals surface area contributed by atoms with Crippen LogP contribution in [-0.2, 0) is 0 Å². The predicted octanol–water partition coefficient (Wildman–Crippen LogP) is 6.35. The van der Waals surface area contributed by atoms with Gasteiger partial charge in [-0.3, -0.25) is 9.80 Å². The summed E-state index contributed by atoms with van der Waals surface area (Å²) in [6, 6.07) is 7.48. The van der Waals surface area contributed by atoms with E-state index in [1.165, 1.54) is 38.5 Å². The lowest BCUT2D eigenvalue weighted by molar-refractivity contribution is 0.183. The summed E-state index contributed by atoms with van der Waals surface area (Å²) in [7, 11) is 0. The van der Waals surface area contributed by atoms with Gasteiger partial charge in [-0.1, -0.05) is 41.2 Å². The highest BCUT2D eigenvalue weighted by Crippen LogP contribution is 2.45. The Morgan fingerprint density at radius 3 is 1.47 bits per heavy atom. The van der Waals surface area contributed by atoms with Gasteiger partial charge in [0.25, 0.3) is 0 Å². The fraction of sp³-hybridized carbons (Fsp3) is 0.519. The zero-order valence-corrected chi connectivity index (χ0v) is 22.8. The third-order valence-corrected chi connectivity index (χ3v) is 7.86. The maximum atomic E-state index is 9.90. The summed E-state index contributed by atoms with van der Waals surface area (Å²) < 4.78 is 12.1. The van der Waals surface area contributed by atoms with Gasteiger partial charge < -0.3 is 14.7 Å². The second-order valence-corrected chi connectivity index (χ2v) is 10.4. The molecule has 0 atom stereocenters. The average Bonchev–Trinajstić information content (AvgIpc) is 3.16. The Bertz CT molecular complexity index is 1000. The minimum absolute atomic E-state index is 0. The van der Waals surface area contributed by atoms with E-state index in [9.17, 15) is 5.21 Å². The van der Waals surface area contributed by atoms with E-state index >= 15 is 0 Å². The van der Waals surface area contributed by atoms with Crippen LogP contribution in [0, 0.1) is 0 Å². The molecule has 2 fully saturated rings. The van der Waals surface area contributed by atoms with Crippen molar-refractivity contribution < 1.29 is 14.7 Å². The van der Waals surface area contributed by atoms with E-state index in [1.807, 2.05) is 24.3 Å². The van der Waals surface area contributed by atoms with Gasteiger partial charge >= 0.3 is 0 Å². The van der Waals surface area contributed by atoms with Gasteiger partial charge in [-0.2, -0.15) is 0 Å². The van der Waals surface area contributed by atoms with Gasteiger partial charge in [0, 0.05) is 24.2 Å². The van der Waals surface area contributed by atoms with Crippen molar-refractivity contribution in [2.75, 3.05) is 52.5 Å². The van der Waals surface area contributed by atoms with E-state index in [2.05, 4.69) is 15.0 Å². The van der Waals surface area contributed by atoms with E-state index in [4.69, 9.17) is 32.7 Å². The molecule has 2 aromatic rings. The van der Waals surface area contributed by atoms with Gasteiger partial charge in [0.05, 0.1) is 10.0 Å². The Morgan fingerprint density at radius 1 is 0.667 bits per heavy atom. The molecule has 0 unspecified atom stereocenters. The van der Waals surface area contributed by atoms with Crippen LogP contribution in [0.2, 0.25) is 10.0 Å². The molecule has 0 bridgehead atoms. The molecule has 2 heterocycles.